The number of nitrogens with one attached hydrogen (secondary N) is 1. The van der Waals surface area contributed by atoms with Crippen molar-refractivity contribution in [2.45, 2.75) is 46.6 Å². The predicted octanol–water partition coefficient (Wildman–Crippen LogP) is 3.84. The average molecular weight is 468 g/mol. The second kappa shape index (κ2) is 8.15. The largest absolute Gasteiger partial charge is 0.496 e. The summed E-state index contributed by atoms with van der Waals surface area (Å²) in [4.78, 5) is 28.0. The van der Waals surface area contributed by atoms with Gasteiger partial charge in [0.15, 0.2) is 5.82 Å². The highest BCUT2D eigenvalue weighted by molar-refractivity contribution is 6.41. The molecule has 0 atom stereocenters. The Labute approximate surface area is 197 Å². The summed E-state index contributed by atoms with van der Waals surface area (Å²) < 4.78 is 5.51. The Bertz CT molecular complexity index is 1290. The van der Waals surface area contributed by atoms with Gasteiger partial charge in [0.2, 0.25) is 5.95 Å². The molecular formula is C23H26ClN7O2. The van der Waals surface area contributed by atoms with Crippen molar-refractivity contribution in [3.05, 3.63) is 51.2 Å². The van der Waals surface area contributed by atoms with E-state index >= 15 is 0 Å². The van der Waals surface area contributed by atoms with E-state index in [0.717, 1.165) is 22.6 Å². The lowest BCUT2D eigenvalue weighted by molar-refractivity contribution is -0.113. The molecule has 0 saturated heterocycles. The van der Waals surface area contributed by atoms with Crippen molar-refractivity contribution >= 4 is 40.9 Å². The summed E-state index contributed by atoms with van der Waals surface area (Å²) in [5, 5.41) is 7.49. The summed E-state index contributed by atoms with van der Waals surface area (Å²) in [6, 6.07) is 1.91. The number of H-pyrrole nitrogens is 1. The Balaban J connectivity index is 1.81. The Morgan fingerprint density at radius 1 is 1.27 bits per heavy atom. The number of halogens is 1. The molecule has 0 unspecified atom stereocenters. The average Bonchev–Trinajstić information content (AvgIpc) is 3.29. The second-order valence-corrected chi connectivity index (χ2v) is 9.38. The van der Waals surface area contributed by atoms with Crippen LogP contribution < -0.4 is 15.4 Å². The number of methoxy groups -OCH3 is 1. The minimum Gasteiger partial charge on any atom is -0.496 e. The van der Waals surface area contributed by atoms with Crippen LogP contribution in [0.1, 0.15) is 54.5 Å². The zero-order chi connectivity index (χ0) is 24.1. The number of fused-ring (bicyclic) bond motifs is 1. The first-order chi connectivity index (χ1) is 15.5. The minimum absolute atomic E-state index is 0.0150. The zero-order valence-corrected chi connectivity index (χ0v) is 20.2. The fourth-order valence-corrected chi connectivity index (χ4v) is 4.09. The van der Waals surface area contributed by atoms with Crippen LogP contribution in [-0.4, -0.2) is 38.2 Å². The quantitative estimate of drug-likeness (QED) is 0.441. The molecule has 9 nitrogen and oxygen atoms in total. The Kier molecular flexibility index (Phi) is 5.61. The lowest BCUT2D eigenvalue weighted by atomic mass is 9.92. The molecule has 4 rings (SSSR count). The number of rotatable bonds is 4. The van der Waals surface area contributed by atoms with E-state index < -0.39 is 0 Å². The monoisotopic (exact) mass is 467 g/mol. The SMILES string of the molecule is COc1c(C)cnc(CN2C(=O)C(=Cc3cc(C(C)(C)C)[nH]n3)c3c(Cl)nc(N)nc32)c1C. The Hall–Kier alpha value is -3.46. The van der Waals surface area contributed by atoms with Crippen molar-refractivity contribution in [1.29, 1.82) is 0 Å². The number of anilines is 2. The van der Waals surface area contributed by atoms with E-state index in [9.17, 15) is 4.79 Å². The van der Waals surface area contributed by atoms with Gasteiger partial charge in [-0.15, -0.1) is 0 Å². The highest BCUT2D eigenvalue weighted by Gasteiger charge is 2.37. The van der Waals surface area contributed by atoms with Crippen molar-refractivity contribution in [1.82, 2.24) is 25.1 Å². The fourth-order valence-electron chi connectivity index (χ4n) is 3.82. The van der Waals surface area contributed by atoms with E-state index in [2.05, 4.69) is 45.9 Å². The maximum absolute atomic E-state index is 13.6. The molecule has 33 heavy (non-hydrogen) atoms. The topological polar surface area (TPSA) is 123 Å². The molecular weight excluding hydrogens is 442 g/mol. The number of ether oxygens (including phenoxy) is 1. The van der Waals surface area contributed by atoms with Crippen LogP contribution in [0, 0.1) is 13.8 Å². The number of hydrogen-bond acceptors (Lipinski definition) is 7. The van der Waals surface area contributed by atoms with Gasteiger partial charge in [-0.3, -0.25) is 19.8 Å². The summed E-state index contributed by atoms with van der Waals surface area (Å²) >= 11 is 6.43. The fraction of sp³-hybridized carbons (Fsp3) is 0.348. The van der Waals surface area contributed by atoms with Crippen LogP contribution in [-0.2, 0) is 16.8 Å². The zero-order valence-electron chi connectivity index (χ0n) is 19.4. The van der Waals surface area contributed by atoms with Crippen molar-refractivity contribution in [2.24, 2.45) is 0 Å². The number of carbonyl (C=O) groups excluding carboxylic acids is 1. The number of nitrogens with two attached hydrogens (primary N) is 1. The Morgan fingerprint density at radius 2 is 2.00 bits per heavy atom. The lowest BCUT2D eigenvalue weighted by Crippen LogP contribution is -2.27. The van der Waals surface area contributed by atoms with Crippen LogP contribution in [0.3, 0.4) is 0 Å². The van der Waals surface area contributed by atoms with Crippen LogP contribution in [0.15, 0.2) is 12.3 Å². The van der Waals surface area contributed by atoms with Crippen LogP contribution in [0.5, 0.6) is 5.75 Å². The van der Waals surface area contributed by atoms with Gasteiger partial charge in [-0.2, -0.15) is 10.1 Å². The summed E-state index contributed by atoms with van der Waals surface area (Å²) in [6.07, 6.45) is 3.41. The molecule has 10 heteroatoms. The standard InChI is InChI=1S/C23H26ClN7O2/c1-11-9-26-15(12(2)18(11)33-6)10-31-20-17(19(24)27-22(25)28-20)14(21(31)32)7-13-8-16(30-29-13)23(3,4)5/h7-9H,10H2,1-6H3,(H,29,30)(H2,25,27,28). The van der Waals surface area contributed by atoms with Crippen molar-refractivity contribution in [3.8, 4) is 5.75 Å². The van der Waals surface area contributed by atoms with Gasteiger partial charge in [-0.25, -0.2) is 4.98 Å². The maximum Gasteiger partial charge on any atom is 0.260 e. The maximum atomic E-state index is 13.6. The van der Waals surface area contributed by atoms with Crippen LogP contribution in [0.4, 0.5) is 11.8 Å². The first kappa shape index (κ1) is 22.7. The first-order valence-electron chi connectivity index (χ1n) is 10.4. The molecule has 0 aromatic carbocycles. The van der Waals surface area contributed by atoms with Gasteiger partial charge in [0.1, 0.15) is 10.9 Å². The summed E-state index contributed by atoms with van der Waals surface area (Å²) in [5.41, 5.74) is 10.5. The van der Waals surface area contributed by atoms with Crippen molar-refractivity contribution < 1.29 is 9.53 Å². The van der Waals surface area contributed by atoms with E-state index in [4.69, 9.17) is 22.1 Å². The van der Waals surface area contributed by atoms with Gasteiger partial charge in [0, 0.05) is 28.4 Å². The normalized spacial score (nSPS) is 14.8. The molecule has 0 fully saturated rings. The van der Waals surface area contributed by atoms with Gasteiger partial charge in [-0.05, 0) is 26.0 Å². The first-order valence-corrected chi connectivity index (χ1v) is 10.8. The summed E-state index contributed by atoms with van der Waals surface area (Å²) in [6.45, 7) is 10.2. The van der Waals surface area contributed by atoms with E-state index in [0.29, 0.717) is 28.3 Å². The molecule has 0 bridgehead atoms. The molecule has 172 valence electrons. The smallest absolute Gasteiger partial charge is 0.260 e. The summed E-state index contributed by atoms with van der Waals surface area (Å²) in [5.74, 6) is 0.775. The van der Waals surface area contributed by atoms with Gasteiger partial charge in [0.05, 0.1) is 36.2 Å². The van der Waals surface area contributed by atoms with Crippen LogP contribution in [0.2, 0.25) is 5.15 Å². The highest BCUT2D eigenvalue weighted by Crippen LogP contribution is 2.41. The molecule has 0 aliphatic carbocycles. The Morgan fingerprint density at radius 3 is 2.64 bits per heavy atom. The number of nitrogen functional groups attached to an aromatic ring is 1. The third-order valence-corrected chi connectivity index (χ3v) is 5.89. The van der Waals surface area contributed by atoms with Crippen molar-refractivity contribution in [3.63, 3.8) is 0 Å². The number of nitrogens with zero attached hydrogens (tertiary/aromatic N) is 5. The summed E-state index contributed by atoms with van der Waals surface area (Å²) in [7, 11) is 1.61. The molecule has 0 radical (unpaired) electrons. The molecule has 3 N–H and O–H groups in total. The van der Waals surface area contributed by atoms with E-state index in [-0.39, 0.29) is 29.0 Å². The number of aryl methyl sites for hydroxylation is 1. The number of aromatic nitrogens is 5. The third-order valence-electron chi connectivity index (χ3n) is 5.62. The molecule has 0 saturated carbocycles. The molecule has 4 heterocycles. The number of pyridine rings is 1. The molecule has 3 aromatic heterocycles. The molecule has 3 aromatic rings. The number of carbonyl (C=O) groups is 1. The number of hydrogen-bond donors (Lipinski definition) is 2. The second-order valence-electron chi connectivity index (χ2n) is 9.02. The predicted molar refractivity (Wildman–Crippen MR) is 128 cm³/mol. The molecule has 0 spiro atoms. The molecule has 1 aliphatic heterocycles. The van der Waals surface area contributed by atoms with E-state index in [1.54, 1.807) is 19.4 Å². The minimum atomic E-state index is -0.284. The van der Waals surface area contributed by atoms with Gasteiger partial charge in [-0.1, -0.05) is 32.4 Å². The lowest BCUT2D eigenvalue weighted by Gasteiger charge is -2.19. The van der Waals surface area contributed by atoms with Gasteiger partial charge < -0.3 is 10.5 Å². The van der Waals surface area contributed by atoms with E-state index in [1.165, 1.54) is 4.90 Å². The van der Waals surface area contributed by atoms with Crippen LogP contribution >= 0.6 is 11.6 Å². The van der Waals surface area contributed by atoms with Gasteiger partial charge in [0.25, 0.3) is 5.91 Å². The molecule has 1 amide bonds. The number of aromatic amines is 1. The van der Waals surface area contributed by atoms with Crippen molar-refractivity contribution in [2.75, 3.05) is 17.7 Å². The number of amides is 1. The van der Waals surface area contributed by atoms with Crippen LogP contribution in [0.25, 0.3) is 11.6 Å². The molecule has 1 aliphatic rings. The van der Waals surface area contributed by atoms with E-state index in [1.807, 2.05) is 19.9 Å². The van der Waals surface area contributed by atoms with Gasteiger partial charge >= 0.3 is 0 Å². The highest BCUT2D eigenvalue weighted by atomic mass is 35.5. The third kappa shape index (κ3) is 4.04.